The largest absolute Gasteiger partial charge is 0.349 e. The maximum atomic E-state index is 5.63. The lowest BCUT2D eigenvalue weighted by Gasteiger charge is -1.91. The van der Waals surface area contributed by atoms with Crippen molar-refractivity contribution >= 4 is 26.5 Å². The van der Waals surface area contributed by atoms with E-state index in [4.69, 9.17) is 17.0 Å². The molecule has 0 aliphatic carbocycles. The summed E-state index contributed by atoms with van der Waals surface area (Å²) in [6, 6.07) is 7.55. The molecule has 0 saturated heterocycles. The van der Waals surface area contributed by atoms with Crippen LogP contribution in [0.3, 0.4) is 0 Å². The minimum absolute atomic E-state index is 0.368. The van der Waals surface area contributed by atoms with Crippen molar-refractivity contribution < 1.29 is 0 Å². The zero-order chi connectivity index (χ0) is 6.69. The highest BCUT2D eigenvalue weighted by Gasteiger charge is 1.88. The zero-order valence-corrected chi connectivity index (χ0v) is 6.52. The molecule has 1 rings (SSSR count). The van der Waals surface area contributed by atoms with E-state index in [0.717, 1.165) is 10.2 Å². The monoisotopic (exact) mass is 155 g/mol. The minimum Gasteiger partial charge on any atom is -0.349 e. The Bertz CT molecular complexity index is 185. The van der Waals surface area contributed by atoms with Crippen LogP contribution in [-0.2, 0) is 0 Å². The summed E-state index contributed by atoms with van der Waals surface area (Å²) in [4.78, 5) is 0. The molecule has 2 N–H and O–H groups in total. The summed E-state index contributed by atoms with van der Waals surface area (Å²) in [5.74, 6) is 0. The van der Waals surface area contributed by atoms with E-state index in [1.807, 2.05) is 24.3 Å². The summed E-state index contributed by atoms with van der Waals surface area (Å²) in [6.45, 7) is 0. The summed E-state index contributed by atoms with van der Waals surface area (Å²) >= 11 is 5.63. The van der Waals surface area contributed by atoms with Gasteiger partial charge < -0.3 is 5.40 Å². The highest BCUT2D eigenvalue weighted by Crippen LogP contribution is 2.02. The van der Waals surface area contributed by atoms with Gasteiger partial charge in [0.15, 0.2) is 9.68 Å². The second-order valence-electron chi connectivity index (χ2n) is 1.65. The van der Waals surface area contributed by atoms with Crippen molar-refractivity contribution in [3.8, 4) is 0 Å². The van der Waals surface area contributed by atoms with Gasteiger partial charge in [0, 0.05) is 5.02 Å². The van der Waals surface area contributed by atoms with Gasteiger partial charge in [-0.15, -0.1) is 0 Å². The van der Waals surface area contributed by atoms with E-state index in [9.17, 15) is 0 Å². The van der Waals surface area contributed by atoms with Crippen LogP contribution in [0.2, 0.25) is 5.02 Å². The second kappa shape index (κ2) is 3.01. The number of nitrogens with two attached hydrogens (primary N) is 1. The molecule has 0 heterocycles. The molecular weight excluding hydrogens is 150 g/mol. The van der Waals surface area contributed by atoms with Crippen molar-refractivity contribution in [1.29, 1.82) is 0 Å². The molecule has 0 bridgehead atoms. The fourth-order valence-electron chi connectivity index (χ4n) is 0.546. The summed E-state index contributed by atoms with van der Waals surface area (Å²) < 4.78 is 0. The Labute approximate surface area is 61.7 Å². The van der Waals surface area contributed by atoms with E-state index in [2.05, 4.69) is 0 Å². The first-order chi connectivity index (χ1) is 4.33. The number of halogens is 1. The van der Waals surface area contributed by atoms with Crippen LogP contribution in [0.25, 0.3) is 0 Å². The van der Waals surface area contributed by atoms with Crippen molar-refractivity contribution in [2.75, 3.05) is 0 Å². The van der Waals surface area contributed by atoms with Crippen LogP contribution in [0.5, 0.6) is 0 Å². The van der Waals surface area contributed by atoms with Gasteiger partial charge in [0.2, 0.25) is 0 Å². The van der Waals surface area contributed by atoms with Gasteiger partial charge in [0.05, 0.1) is 0 Å². The quantitative estimate of drug-likeness (QED) is 0.589. The maximum absolute atomic E-state index is 5.63. The van der Waals surface area contributed by atoms with Gasteiger partial charge in [-0.1, -0.05) is 23.7 Å². The first-order valence-corrected chi connectivity index (χ1v) is 4.00. The van der Waals surface area contributed by atoms with E-state index in [-0.39, 0.29) is 0 Å². The third kappa shape index (κ3) is 1.82. The normalized spacial score (nSPS) is 9.56. The van der Waals surface area contributed by atoms with E-state index in [0.29, 0.717) is 9.68 Å². The Morgan fingerprint density at radius 1 is 1.22 bits per heavy atom. The first kappa shape index (κ1) is 6.80. The van der Waals surface area contributed by atoms with Crippen molar-refractivity contribution in [3.05, 3.63) is 29.3 Å². The van der Waals surface area contributed by atoms with Crippen LogP contribution in [0.1, 0.15) is 0 Å². The van der Waals surface area contributed by atoms with Gasteiger partial charge in [-0.3, -0.25) is 0 Å². The van der Waals surface area contributed by atoms with Gasteiger partial charge >= 0.3 is 0 Å². The van der Waals surface area contributed by atoms with E-state index < -0.39 is 0 Å². The lowest BCUT2D eigenvalue weighted by molar-refractivity contribution is 1.74. The SMILES string of the molecule is N[Si]c1ccc(Cl)cc1. The second-order valence-corrected chi connectivity index (χ2v) is 2.95. The van der Waals surface area contributed by atoms with Crippen LogP contribution in [0, 0.1) is 0 Å². The molecule has 0 unspecified atom stereocenters. The fraction of sp³-hybridized carbons (Fsp3) is 0. The highest BCUT2D eigenvalue weighted by molar-refractivity contribution is 6.50. The zero-order valence-electron chi connectivity index (χ0n) is 4.76. The van der Waals surface area contributed by atoms with Crippen molar-refractivity contribution in [2.45, 2.75) is 0 Å². The first-order valence-electron chi connectivity index (χ1n) is 2.55. The topological polar surface area (TPSA) is 26.0 Å². The summed E-state index contributed by atoms with van der Waals surface area (Å²) in [5.41, 5.74) is 0. The molecule has 0 aromatic heterocycles. The van der Waals surface area contributed by atoms with E-state index in [1.54, 1.807) is 0 Å². The molecule has 2 radical (unpaired) electrons. The van der Waals surface area contributed by atoms with Crippen LogP contribution in [0.15, 0.2) is 24.3 Å². The molecule has 0 aliphatic heterocycles. The lowest BCUT2D eigenvalue weighted by atomic mass is 10.4. The van der Waals surface area contributed by atoms with Gasteiger partial charge in [-0.2, -0.15) is 0 Å². The Balaban J connectivity index is 2.88. The van der Waals surface area contributed by atoms with Crippen LogP contribution in [0.4, 0.5) is 0 Å². The van der Waals surface area contributed by atoms with E-state index >= 15 is 0 Å². The molecule has 1 aromatic carbocycles. The molecule has 0 spiro atoms. The molecule has 0 fully saturated rings. The molecule has 1 nitrogen and oxygen atoms in total. The van der Waals surface area contributed by atoms with Gasteiger partial charge in [0.1, 0.15) is 0 Å². The number of rotatable bonds is 1. The molecule has 0 atom stereocenters. The number of benzene rings is 1. The predicted octanol–water partition coefficient (Wildman–Crippen LogP) is 0.543. The standard InChI is InChI=1S/C6H6ClNSi/c7-5-1-3-6(9-8)4-2-5/h1-4H,8H2. The van der Waals surface area contributed by atoms with Crippen molar-refractivity contribution in [2.24, 2.45) is 5.40 Å². The van der Waals surface area contributed by atoms with Gasteiger partial charge in [0.25, 0.3) is 0 Å². The Morgan fingerprint density at radius 3 is 2.22 bits per heavy atom. The molecule has 0 aliphatic rings. The Morgan fingerprint density at radius 2 is 1.78 bits per heavy atom. The summed E-state index contributed by atoms with van der Waals surface area (Å²) in [7, 11) is 0.368. The molecular formula is C6H6ClNSi. The molecule has 0 amide bonds. The minimum atomic E-state index is 0.368. The van der Waals surface area contributed by atoms with Gasteiger partial charge in [-0.05, 0) is 17.3 Å². The molecule has 1 aromatic rings. The molecule has 46 valence electrons. The number of hydrogen-bond donors (Lipinski definition) is 1. The fourth-order valence-corrected chi connectivity index (χ4v) is 1.03. The third-order valence-corrected chi connectivity index (χ3v) is 1.93. The van der Waals surface area contributed by atoms with Crippen LogP contribution < -0.4 is 10.6 Å². The molecule has 9 heavy (non-hydrogen) atoms. The molecule has 3 heteroatoms. The number of hydrogen-bond acceptors (Lipinski definition) is 1. The highest BCUT2D eigenvalue weighted by atomic mass is 35.5. The van der Waals surface area contributed by atoms with Crippen molar-refractivity contribution in [1.82, 2.24) is 0 Å². The van der Waals surface area contributed by atoms with E-state index in [1.165, 1.54) is 0 Å². The van der Waals surface area contributed by atoms with Crippen LogP contribution >= 0.6 is 11.6 Å². The predicted molar refractivity (Wildman–Crippen MR) is 41.0 cm³/mol. The summed E-state index contributed by atoms with van der Waals surface area (Å²) in [6.07, 6.45) is 0. The average molecular weight is 156 g/mol. The maximum Gasteiger partial charge on any atom is 0.176 e. The lowest BCUT2D eigenvalue weighted by Crippen LogP contribution is -2.21. The van der Waals surface area contributed by atoms with Crippen LogP contribution in [-0.4, -0.2) is 9.68 Å². The summed E-state index contributed by atoms with van der Waals surface area (Å²) in [5, 5.41) is 7.28. The van der Waals surface area contributed by atoms with Gasteiger partial charge in [-0.25, -0.2) is 0 Å². The molecule has 0 saturated carbocycles. The average Bonchev–Trinajstić information content (AvgIpc) is 1.90. The third-order valence-electron chi connectivity index (χ3n) is 1.01. The smallest absolute Gasteiger partial charge is 0.176 e. The Kier molecular flexibility index (Phi) is 2.27. The Hall–Kier alpha value is -0.313. The van der Waals surface area contributed by atoms with Crippen molar-refractivity contribution in [3.63, 3.8) is 0 Å².